The highest BCUT2D eigenvalue weighted by Gasteiger charge is 2.34. The van der Waals surface area contributed by atoms with Gasteiger partial charge in [0.15, 0.2) is 0 Å². The minimum atomic E-state index is -0.939. The van der Waals surface area contributed by atoms with E-state index < -0.39 is 11.5 Å². The van der Waals surface area contributed by atoms with Crippen LogP contribution in [0.15, 0.2) is 0 Å². The Hall–Kier alpha value is -0.610. The first kappa shape index (κ1) is 12.5. The molecule has 1 rings (SSSR count). The van der Waals surface area contributed by atoms with Crippen molar-refractivity contribution in [1.29, 1.82) is 0 Å². The summed E-state index contributed by atoms with van der Waals surface area (Å²) in [5.41, 5.74) is -0.939. The molecule has 0 bridgehead atoms. The van der Waals surface area contributed by atoms with Gasteiger partial charge in [-0.15, -0.1) is 0 Å². The number of hydrogen-bond acceptors (Lipinski definition) is 3. The zero-order chi connectivity index (χ0) is 11.3. The van der Waals surface area contributed by atoms with Crippen molar-refractivity contribution in [2.24, 2.45) is 0 Å². The number of ether oxygens (including phenoxy) is 1. The summed E-state index contributed by atoms with van der Waals surface area (Å²) in [6.07, 6.45) is 4.56. The Bertz CT molecular complexity index is 216. The van der Waals surface area contributed by atoms with Gasteiger partial charge in [0.1, 0.15) is 5.54 Å². The van der Waals surface area contributed by atoms with Crippen LogP contribution in [-0.2, 0) is 9.53 Å². The van der Waals surface area contributed by atoms with E-state index in [1.54, 1.807) is 6.92 Å². The lowest BCUT2D eigenvalue weighted by molar-refractivity contribution is -0.149. The maximum absolute atomic E-state index is 11.1. The van der Waals surface area contributed by atoms with Gasteiger partial charge in [-0.05, 0) is 39.2 Å². The lowest BCUT2D eigenvalue weighted by Crippen LogP contribution is -2.54. The average Bonchev–Trinajstić information content (AvgIpc) is 2.12. The molecule has 1 saturated carbocycles. The van der Waals surface area contributed by atoms with E-state index in [-0.39, 0.29) is 12.7 Å². The molecule has 1 aliphatic rings. The molecule has 1 aliphatic carbocycles. The molecule has 0 radical (unpaired) electrons. The molecule has 4 nitrogen and oxygen atoms in total. The summed E-state index contributed by atoms with van der Waals surface area (Å²) in [6, 6.07) is 0. The van der Waals surface area contributed by atoms with Crippen LogP contribution in [0.4, 0.5) is 0 Å². The van der Waals surface area contributed by atoms with Gasteiger partial charge in [0, 0.05) is 0 Å². The van der Waals surface area contributed by atoms with Crippen molar-refractivity contribution in [1.82, 2.24) is 5.32 Å². The minimum Gasteiger partial charge on any atom is -0.480 e. The molecular formula is C11H21NO3. The first-order valence-corrected chi connectivity index (χ1v) is 5.68. The van der Waals surface area contributed by atoms with Crippen molar-refractivity contribution in [3.05, 3.63) is 0 Å². The molecule has 0 aromatic carbocycles. The Kier molecular flexibility index (Phi) is 4.54. The first-order chi connectivity index (χ1) is 7.08. The second kappa shape index (κ2) is 5.47. The van der Waals surface area contributed by atoms with Gasteiger partial charge in [0.25, 0.3) is 0 Å². The van der Waals surface area contributed by atoms with E-state index in [0.717, 1.165) is 19.3 Å². The van der Waals surface area contributed by atoms with E-state index in [4.69, 9.17) is 9.84 Å². The van der Waals surface area contributed by atoms with Gasteiger partial charge in [0.05, 0.1) is 12.7 Å². The molecule has 1 unspecified atom stereocenters. The van der Waals surface area contributed by atoms with Crippen molar-refractivity contribution < 1.29 is 14.6 Å². The highest BCUT2D eigenvalue weighted by Crippen LogP contribution is 2.23. The number of nitrogens with one attached hydrogen (secondary N) is 1. The van der Waals surface area contributed by atoms with Crippen LogP contribution in [0.5, 0.6) is 0 Å². The number of aliphatic carboxylic acids is 1. The van der Waals surface area contributed by atoms with Gasteiger partial charge >= 0.3 is 5.97 Å². The van der Waals surface area contributed by atoms with Gasteiger partial charge in [-0.1, -0.05) is 6.92 Å². The Morgan fingerprint density at radius 2 is 2.27 bits per heavy atom. The monoisotopic (exact) mass is 215 g/mol. The van der Waals surface area contributed by atoms with Crippen LogP contribution in [0.25, 0.3) is 0 Å². The quantitative estimate of drug-likeness (QED) is 0.674. The maximum Gasteiger partial charge on any atom is 0.326 e. The third-order valence-corrected chi connectivity index (χ3v) is 2.90. The number of carbonyl (C=O) groups is 1. The smallest absolute Gasteiger partial charge is 0.326 e. The highest BCUT2D eigenvalue weighted by atomic mass is 16.5. The van der Waals surface area contributed by atoms with Crippen molar-refractivity contribution in [2.45, 2.75) is 51.2 Å². The van der Waals surface area contributed by atoms with Crippen LogP contribution >= 0.6 is 0 Å². The minimum absolute atomic E-state index is 0.257. The van der Waals surface area contributed by atoms with Crippen LogP contribution in [0, 0.1) is 0 Å². The third kappa shape index (κ3) is 3.47. The van der Waals surface area contributed by atoms with Crippen molar-refractivity contribution in [2.75, 3.05) is 13.2 Å². The fourth-order valence-electron chi connectivity index (χ4n) is 1.41. The van der Waals surface area contributed by atoms with Crippen molar-refractivity contribution in [3.63, 3.8) is 0 Å². The molecule has 0 saturated heterocycles. The summed E-state index contributed by atoms with van der Waals surface area (Å²) in [7, 11) is 0. The molecule has 15 heavy (non-hydrogen) atoms. The first-order valence-electron chi connectivity index (χ1n) is 5.68. The topological polar surface area (TPSA) is 58.6 Å². The molecule has 0 spiro atoms. The normalized spacial score (nSPS) is 20.7. The van der Waals surface area contributed by atoms with Gasteiger partial charge in [-0.2, -0.15) is 0 Å². The second-order valence-electron chi connectivity index (χ2n) is 4.43. The summed E-state index contributed by atoms with van der Waals surface area (Å²) in [6.45, 7) is 4.66. The van der Waals surface area contributed by atoms with Gasteiger partial charge in [0.2, 0.25) is 0 Å². The van der Waals surface area contributed by atoms with Crippen molar-refractivity contribution in [3.8, 4) is 0 Å². The lowest BCUT2D eigenvalue weighted by Gasteiger charge is -2.32. The number of carboxylic acid groups (broad SMARTS) is 1. The Balaban J connectivity index is 2.36. The second-order valence-corrected chi connectivity index (χ2v) is 4.43. The van der Waals surface area contributed by atoms with Gasteiger partial charge in [-0.3, -0.25) is 4.79 Å². The lowest BCUT2D eigenvalue weighted by atomic mass is 9.95. The molecule has 88 valence electrons. The summed E-state index contributed by atoms with van der Waals surface area (Å²) in [4.78, 5) is 11.1. The third-order valence-electron chi connectivity index (χ3n) is 2.90. The molecule has 0 aromatic rings. The maximum atomic E-state index is 11.1. The van der Waals surface area contributed by atoms with E-state index in [9.17, 15) is 4.79 Å². The van der Waals surface area contributed by atoms with E-state index in [2.05, 4.69) is 5.32 Å². The predicted octanol–water partition coefficient (Wildman–Crippen LogP) is 1.40. The number of rotatable bonds is 7. The van der Waals surface area contributed by atoms with Gasteiger partial charge in [-0.25, -0.2) is 0 Å². The van der Waals surface area contributed by atoms with Crippen LogP contribution < -0.4 is 5.32 Å². The predicted molar refractivity (Wildman–Crippen MR) is 57.9 cm³/mol. The zero-order valence-electron chi connectivity index (χ0n) is 9.58. The summed E-state index contributed by atoms with van der Waals surface area (Å²) in [5.74, 6) is -0.838. The van der Waals surface area contributed by atoms with E-state index in [0.29, 0.717) is 6.54 Å². The molecule has 0 aromatic heterocycles. The molecule has 2 N–H and O–H groups in total. The summed E-state index contributed by atoms with van der Waals surface area (Å²) >= 11 is 0. The Morgan fingerprint density at radius 3 is 2.67 bits per heavy atom. The van der Waals surface area contributed by atoms with E-state index >= 15 is 0 Å². The highest BCUT2D eigenvalue weighted by molar-refractivity contribution is 5.78. The molecule has 4 heteroatoms. The fourth-order valence-corrected chi connectivity index (χ4v) is 1.41. The molecule has 1 fully saturated rings. The molecule has 1 atom stereocenters. The number of carboxylic acids is 1. The van der Waals surface area contributed by atoms with E-state index in [1.165, 1.54) is 6.42 Å². The zero-order valence-corrected chi connectivity index (χ0v) is 9.58. The molecular weight excluding hydrogens is 194 g/mol. The summed E-state index contributed by atoms with van der Waals surface area (Å²) in [5, 5.41) is 12.1. The van der Waals surface area contributed by atoms with Crippen LogP contribution in [0.3, 0.4) is 0 Å². The Morgan fingerprint density at radius 1 is 1.60 bits per heavy atom. The fraction of sp³-hybridized carbons (Fsp3) is 0.909. The van der Waals surface area contributed by atoms with Crippen LogP contribution in [0.2, 0.25) is 0 Å². The van der Waals surface area contributed by atoms with E-state index in [1.807, 2.05) is 6.92 Å². The molecule has 0 heterocycles. The largest absolute Gasteiger partial charge is 0.480 e. The van der Waals surface area contributed by atoms with Crippen LogP contribution in [0.1, 0.15) is 39.5 Å². The standard InChI is InChI=1S/C11H21NO3/c1-3-7-12-11(2,10(13)14)8-15-9-5-4-6-9/h9,12H,3-8H2,1-2H3,(H,13,14). The average molecular weight is 215 g/mol. The van der Waals surface area contributed by atoms with Crippen molar-refractivity contribution >= 4 is 5.97 Å². The molecule has 0 aliphatic heterocycles. The SMILES string of the molecule is CCCNC(C)(COC1CCC1)C(=O)O. The van der Waals surface area contributed by atoms with Crippen LogP contribution in [-0.4, -0.2) is 35.9 Å². The van der Waals surface area contributed by atoms with Gasteiger partial charge < -0.3 is 15.2 Å². The number of hydrogen-bond donors (Lipinski definition) is 2. The molecule has 0 amide bonds. The summed E-state index contributed by atoms with van der Waals surface area (Å²) < 4.78 is 5.56. The Labute approximate surface area is 91.0 Å².